The van der Waals surface area contributed by atoms with E-state index in [1.807, 2.05) is 55.5 Å². The van der Waals surface area contributed by atoms with Gasteiger partial charge in [-0.25, -0.2) is 4.68 Å². The fourth-order valence-corrected chi connectivity index (χ4v) is 4.51. The predicted molar refractivity (Wildman–Crippen MR) is 131 cm³/mol. The molecule has 35 heavy (non-hydrogen) atoms. The Hall–Kier alpha value is -3.98. The topological polar surface area (TPSA) is 106 Å². The van der Waals surface area contributed by atoms with E-state index in [0.717, 1.165) is 46.7 Å². The number of furan rings is 2. The molecule has 4 aromatic heterocycles. The van der Waals surface area contributed by atoms with Crippen LogP contribution in [0.25, 0.3) is 10.9 Å². The van der Waals surface area contributed by atoms with Crippen molar-refractivity contribution in [2.45, 2.75) is 52.4 Å². The molecular formula is C26H28N6O3. The molecule has 5 rings (SSSR count). The molecule has 0 aliphatic heterocycles. The number of aryl methyl sites for hydroxylation is 1. The van der Waals surface area contributed by atoms with Crippen LogP contribution >= 0.6 is 0 Å². The van der Waals surface area contributed by atoms with E-state index in [1.54, 1.807) is 17.2 Å². The standard InChI is InChI=1S/C26H28N6O3/c1-3-7-23(25-28-29-30-32(25)17-22-11-6-13-35-22)31(16-21-10-5-12-34-21)15-20-14-19-9-4-8-18(2)24(19)27-26(20)33/h4-6,8-14,23H,3,7,15-17H2,1-2H3,(H,27,33)/t23-/m1/s1. The van der Waals surface area contributed by atoms with Crippen molar-refractivity contribution in [3.05, 3.63) is 99.9 Å². The lowest BCUT2D eigenvalue weighted by Gasteiger charge is -2.30. The minimum atomic E-state index is -0.136. The lowest BCUT2D eigenvalue weighted by Crippen LogP contribution is -2.32. The van der Waals surface area contributed by atoms with Crippen LogP contribution in [-0.4, -0.2) is 30.1 Å². The normalized spacial score (nSPS) is 12.5. The average molecular weight is 473 g/mol. The molecule has 0 amide bonds. The smallest absolute Gasteiger partial charge is 0.252 e. The zero-order valence-electron chi connectivity index (χ0n) is 19.8. The molecule has 1 atom stereocenters. The largest absolute Gasteiger partial charge is 0.468 e. The number of aromatic amines is 1. The van der Waals surface area contributed by atoms with Gasteiger partial charge in [0.1, 0.15) is 18.1 Å². The molecule has 0 unspecified atom stereocenters. The summed E-state index contributed by atoms with van der Waals surface area (Å²) >= 11 is 0. The first-order valence-corrected chi connectivity index (χ1v) is 11.8. The molecule has 1 aromatic carbocycles. The van der Waals surface area contributed by atoms with Gasteiger partial charge in [-0.05, 0) is 65.1 Å². The Balaban J connectivity index is 1.53. The fourth-order valence-electron chi connectivity index (χ4n) is 4.51. The molecule has 1 N–H and O–H groups in total. The van der Waals surface area contributed by atoms with Crippen molar-refractivity contribution in [2.75, 3.05) is 0 Å². The SMILES string of the molecule is CCC[C@H](c1nnnn1Cc1ccco1)N(Cc1ccco1)Cc1cc2cccc(C)c2[nH]c1=O. The van der Waals surface area contributed by atoms with Gasteiger partial charge in [-0.15, -0.1) is 5.10 Å². The molecule has 0 aliphatic carbocycles. The van der Waals surface area contributed by atoms with Crippen molar-refractivity contribution < 1.29 is 8.83 Å². The van der Waals surface area contributed by atoms with E-state index in [9.17, 15) is 4.79 Å². The number of rotatable bonds is 10. The number of H-pyrrole nitrogens is 1. The summed E-state index contributed by atoms with van der Waals surface area (Å²) in [5, 5.41) is 13.6. The van der Waals surface area contributed by atoms with Crippen molar-refractivity contribution in [1.29, 1.82) is 0 Å². The van der Waals surface area contributed by atoms with Crippen LogP contribution in [-0.2, 0) is 19.6 Å². The third-order valence-electron chi connectivity index (χ3n) is 6.22. The minimum Gasteiger partial charge on any atom is -0.468 e. The number of nitrogens with zero attached hydrogens (tertiary/aromatic N) is 5. The number of tetrazole rings is 1. The summed E-state index contributed by atoms with van der Waals surface area (Å²) in [5.74, 6) is 2.31. The highest BCUT2D eigenvalue weighted by Gasteiger charge is 2.27. The maximum absolute atomic E-state index is 13.1. The minimum absolute atomic E-state index is 0.0957. The van der Waals surface area contributed by atoms with Gasteiger partial charge in [-0.3, -0.25) is 9.69 Å². The molecule has 9 heteroatoms. The quantitative estimate of drug-likeness (QED) is 0.317. The highest BCUT2D eigenvalue weighted by Crippen LogP contribution is 2.28. The van der Waals surface area contributed by atoms with Gasteiger partial charge in [-0.1, -0.05) is 31.5 Å². The summed E-state index contributed by atoms with van der Waals surface area (Å²) < 4.78 is 13.0. The Morgan fingerprint density at radius 3 is 2.60 bits per heavy atom. The van der Waals surface area contributed by atoms with E-state index >= 15 is 0 Å². The molecule has 0 saturated heterocycles. The number of benzene rings is 1. The molecule has 180 valence electrons. The summed E-state index contributed by atoms with van der Waals surface area (Å²) in [4.78, 5) is 18.4. The number of para-hydroxylation sites is 1. The Morgan fingerprint density at radius 1 is 1.06 bits per heavy atom. The molecule has 0 aliphatic rings. The van der Waals surface area contributed by atoms with Gasteiger partial charge >= 0.3 is 0 Å². The van der Waals surface area contributed by atoms with Gasteiger partial charge in [0.15, 0.2) is 5.82 Å². The Bertz CT molecular complexity index is 1440. The second kappa shape index (κ2) is 10.1. The van der Waals surface area contributed by atoms with Crippen LogP contribution in [0.2, 0.25) is 0 Å². The van der Waals surface area contributed by atoms with Crippen LogP contribution in [0.15, 0.2) is 74.7 Å². The molecule has 0 spiro atoms. The van der Waals surface area contributed by atoms with Crippen LogP contribution in [0.5, 0.6) is 0 Å². The Kier molecular flexibility index (Phi) is 6.58. The molecule has 5 aromatic rings. The van der Waals surface area contributed by atoms with Crippen LogP contribution in [0, 0.1) is 6.92 Å². The van der Waals surface area contributed by atoms with Crippen LogP contribution in [0.1, 0.15) is 54.3 Å². The van der Waals surface area contributed by atoms with Crippen LogP contribution in [0.3, 0.4) is 0 Å². The van der Waals surface area contributed by atoms with Gasteiger partial charge in [0.25, 0.3) is 5.56 Å². The molecular weight excluding hydrogens is 444 g/mol. The van der Waals surface area contributed by atoms with Gasteiger partial charge < -0.3 is 13.8 Å². The highest BCUT2D eigenvalue weighted by atomic mass is 16.3. The molecule has 0 fully saturated rings. The van der Waals surface area contributed by atoms with E-state index in [1.165, 1.54) is 0 Å². The summed E-state index contributed by atoms with van der Waals surface area (Å²) in [6.45, 7) is 5.48. The predicted octanol–water partition coefficient (Wildman–Crippen LogP) is 4.60. The summed E-state index contributed by atoms with van der Waals surface area (Å²) in [7, 11) is 0. The maximum atomic E-state index is 13.1. The number of aromatic nitrogens is 5. The first-order valence-electron chi connectivity index (χ1n) is 11.8. The summed E-state index contributed by atoms with van der Waals surface area (Å²) in [6, 6.07) is 15.4. The molecule has 0 saturated carbocycles. The van der Waals surface area contributed by atoms with Gasteiger partial charge in [0.2, 0.25) is 0 Å². The molecule has 4 heterocycles. The number of fused-ring (bicyclic) bond motifs is 1. The summed E-state index contributed by atoms with van der Waals surface area (Å²) in [6.07, 6.45) is 5.03. The fraction of sp³-hybridized carbons (Fsp3) is 0.308. The average Bonchev–Trinajstić information content (AvgIpc) is 3.63. The Labute approximate surface area is 202 Å². The third kappa shape index (κ3) is 4.95. The van der Waals surface area contributed by atoms with Crippen LogP contribution in [0.4, 0.5) is 0 Å². The first kappa shape index (κ1) is 22.8. The van der Waals surface area contributed by atoms with E-state index in [-0.39, 0.29) is 11.6 Å². The van der Waals surface area contributed by atoms with Gasteiger partial charge in [0.05, 0.1) is 30.6 Å². The third-order valence-corrected chi connectivity index (χ3v) is 6.22. The van der Waals surface area contributed by atoms with E-state index in [4.69, 9.17) is 8.83 Å². The zero-order valence-corrected chi connectivity index (χ0v) is 19.8. The van der Waals surface area contributed by atoms with E-state index < -0.39 is 0 Å². The molecule has 9 nitrogen and oxygen atoms in total. The maximum Gasteiger partial charge on any atom is 0.252 e. The first-order chi connectivity index (χ1) is 17.1. The lowest BCUT2D eigenvalue weighted by molar-refractivity contribution is 0.144. The van der Waals surface area contributed by atoms with Gasteiger partial charge in [0, 0.05) is 12.1 Å². The van der Waals surface area contributed by atoms with Crippen molar-refractivity contribution in [1.82, 2.24) is 30.1 Å². The molecule has 0 bridgehead atoms. The molecule has 0 radical (unpaired) electrons. The monoisotopic (exact) mass is 472 g/mol. The van der Waals surface area contributed by atoms with Crippen molar-refractivity contribution in [3.8, 4) is 0 Å². The van der Waals surface area contributed by atoms with E-state index in [0.29, 0.717) is 25.2 Å². The number of hydrogen-bond donors (Lipinski definition) is 1. The number of nitrogens with one attached hydrogen (secondary N) is 1. The second-order valence-electron chi connectivity index (χ2n) is 8.73. The Morgan fingerprint density at radius 2 is 1.86 bits per heavy atom. The van der Waals surface area contributed by atoms with E-state index in [2.05, 4.69) is 32.3 Å². The van der Waals surface area contributed by atoms with Gasteiger partial charge in [-0.2, -0.15) is 0 Å². The zero-order chi connectivity index (χ0) is 24.2. The highest BCUT2D eigenvalue weighted by molar-refractivity contribution is 5.81. The van der Waals surface area contributed by atoms with Crippen molar-refractivity contribution >= 4 is 10.9 Å². The number of hydrogen-bond acceptors (Lipinski definition) is 7. The lowest BCUT2D eigenvalue weighted by atomic mass is 10.1. The van der Waals surface area contributed by atoms with Crippen molar-refractivity contribution in [2.24, 2.45) is 0 Å². The number of pyridine rings is 1. The van der Waals surface area contributed by atoms with Crippen LogP contribution < -0.4 is 5.56 Å². The van der Waals surface area contributed by atoms with Crippen molar-refractivity contribution in [3.63, 3.8) is 0 Å². The summed E-state index contributed by atoms with van der Waals surface area (Å²) in [5.41, 5.74) is 2.49. The second-order valence-corrected chi connectivity index (χ2v) is 8.73.